The van der Waals surface area contributed by atoms with Gasteiger partial charge in [0.1, 0.15) is 0 Å². The molecule has 0 unspecified atom stereocenters. The van der Waals surface area contributed by atoms with Crippen LogP contribution in [-0.2, 0) is 4.79 Å². The monoisotopic (exact) mass is 486 g/mol. The van der Waals surface area contributed by atoms with Crippen LogP contribution in [0.1, 0.15) is 11.1 Å². The number of nitrogens with one attached hydrogen (secondary N) is 1. The predicted octanol–water partition coefficient (Wildman–Crippen LogP) is 6.19. The van der Waals surface area contributed by atoms with Crippen LogP contribution in [0.4, 0.5) is 11.4 Å². The standard InChI is InChI=1S/C23H20BrClN2O3/c1-15-8-9-18(12-20(15)25)26-13-16-10-19(24)23(21(11-16)29-2)30-14-22(28)27-17-6-4-3-5-7-17/h3-13H,14H2,1-2H3,(H,27,28). The fraction of sp³-hybridized carbons (Fsp3) is 0.130. The van der Waals surface area contributed by atoms with Gasteiger partial charge in [-0.2, -0.15) is 0 Å². The molecule has 0 heterocycles. The summed E-state index contributed by atoms with van der Waals surface area (Å²) in [6.07, 6.45) is 1.71. The van der Waals surface area contributed by atoms with Crippen LogP contribution < -0.4 is 14.8 Å². The van der Waals surface area contributed by atoms with Crippen molar-refractivity contribution in [3.8, 4) is 11.5 Å². The van der Waals surface area contributed by atoms with E-state index in [4.69, 9.17) is 21.1 Å². The van der Waals surface area contributed by atoms with Gasteiger partial charge in [0.05, 0.1) is 17.3 Å². The number of hydrogen-bond donors (Lipinski definition) is 1. The van der Waals surface area contributed by atoms with Crippen molar-refractivity contribution in [1.29, 1.82) is 0 Å². The number of benzene rings is 3. The Morgan fingerprint density at radius 1 is 1.17 bits per heavy atom. The average molecular weight is 488 g/mol. The van der Waals surface area contributed by atoms with Gasteiger partial charge >= 0.3 is 0 Å². The molecule has 0 saturated heterocycles. The molecule has 5 nitrogen and oxygen atoms in total. The lowest BCUT2D eigenvalue weighted by Gasteiger charge is -2.13. The van der Waals surface area contributed by atoms with Crippen LogP contribution in [0.3, 0.4) is 0 Å². The molecule has 3 aromatic rings. The maximum Gasteiger partial charge on any atom is 0.262 e. The fourth-order valence-electron chi connectivity index (χ4n) is 2.62. The normalized spacial score (nSPS) is 10.8. The van der Waals surface area contributed by atoms with Crippen molar-refractivity contribution in [3.05, 3.63) is 81.3 Å². The number of halogens is 2. The molecule has 0 aromatic heterocycles. The minimum atomic E-state index is -0.267. The van der Waals surface area contributed by atoms with Crippen LogP contribution in [0, 0.1) is 6.92 Å². The smallest absolute Gasteiger partial charge is 0.262 e. The average Bonchev–Trinajstić information content (AvgIpc) is 2.74. The van der Waals surface area contributed by atoms with E-state index in [-0.39, 0.29) is 12.5 Å². The summed E-state index contributed by atoms with van der Waals surface area (Å²) in [6.45, 7) is 1.79. The highest BCUT2D eigenvalue weighted by Gasteiger charge is 2.13. The summed E-state index contributed by atoms with van der Waals surface area (Å²) in [6, 6.07) is 18.4. The van der Waals surface area contributed by atoms with Crippen molar-refractivity contribution in [2.45, 2.75) is 6.92 Å². The van der Waals surface area contributed by atoms with Crippen molar-refractivity contribution in [2.75, 3.05) is 19.0 Å². The lowest BCUT2D eigenvalue weighted by molar-refractivity contribution is -0.118. The number of rotatable bonds is 7. The molecule has 0 aliphatic carbocycles. The number of ether oxygens (including phenoxy) is 2. The second kappa shape index (κ2) is 10.3. The minimum absolute atomic E-state index is 0.154. The molecule has 154 valence electrons. The lowest BCUT2D eigenvalue weighted by Crippen LogP contribution is -2.20. The first-order valence-electron chi connectivity index (χ1n) is 9.11. The molecule has 0 aliphatic rings. The van der Waals surface area contributed by atoms with Crippen molar-refractivity contribution in [3.63, 3.8) is 0 Å². The summed E-state index contributed by atoms with van der Waals surface area (Å²) in [5.74, 6) is 0.661. The molecule has 0 spiro atoms. The van der Waals surface area contributed by atoms with E-state index in [1.54, 1.807) is 19.4 Å². The van der Waals surface area contributed by atoms with Gasteiger partial charge in [0.2, 0.25) is 0 Å². The Morgan fingerprint density at radius 2 is 1.93 bits per heavy atom. The van der Waals surface area contributed by atoms with E-state index >= 15 is 0 Å². The molecule has 3 aromatic carbocycles. The summed E-state index contributed by atoms with van der Waals surface area (Å²) >= 11 is 9.63. The zero-order valence-corrected chi connectivity index (χ0v) is 18.8. The summed E-state index contributed by atoms with van der Waals surface area (Å²) in [4.78, 5) is 16.6. The Hall–Kier alpha value is -2.83. The van der Waals surface area contributed by atoms with Crippen molar-refractivity contribution in [1.82, 2.24) is 0 Å². The molecular formula is C23H20BrClN2O3. The number of anilines is 1. The van der Waals surface area contributed by atoms with E-state index in [0.717, 1.165) is 16.8 Å². The Kier molecular flexibility index (Phi) is 7.49. The highest BCUT2D eigenvalue weighted by molar-refractivity contribution is 9.10. The van der Waals surface area contributed by atoms with Gasteiger partial charge in [0.15, 0.2) is 18.1 Å². The van der Waals surface area contributed by atoms with Crippen LogP contribution in [0.5, 0.6) is 11.5 Å². The Balaban J connectivity index is 1.71. The number of methoxy groups -OCH3 is 1. The Labute approximate surface area is 188 Å². The molecule has 0 fully saturated rings. The van der Waals surface area contributed by atoms with E-state index in [9.17, 15) is 4.79 Å². The largest absolute Gasteiger partial charge is 0.493 e. The number of nitrogens with zero attached hydrogens (tertiary/aromatic N) is 1. The second-order valence-electron chi connectivity index (χ2n) is 6.43. The quantitative estimate of drug-likeness (QED) is 0.404. The third kappa shape index (κ3) is 5.84. The number of hydrogen-bond acceptors (Lipinski definition) is 4. The highest BCUT2D eigenvalue weighted by Crippen LogP contribution is 2.36. The Bertz CT molecular complexity index is 1070. The molecule has 1 N–H and O–H groups in total. The first kappa shape index (κ1) is 21.9. The Morgan fingerprint density at radius 3 is 2.63 bits per heavy atom. The van der Waals surface area contributed by atoms with Gasteiger partial charge < -0.3 is 14.8 Å². The van der Waals surface area contributed by atoms with Gasteiger partial charge in [-0.15, -0.1) is 0 Å². The molecule has 3 rings (SSSR count). The number of aryl methyl sites for hydroxylation is 1. The lowest BCUT2D eigenvalue weighted by atomic mass is 10.2. The van der Waals surface area contributed by atoms with E-state index in [2.05, 4.69) is 26.2 Å². The summed E-state index contributed by atoms with van der Waals surface area (Å²) in [5, 5.41) is 3.44. The van der Waals surface area contributed by atoms with Crippen molar-refractivity contribution >= 4 is 51.0 Å². The third-order valence-electron chi connectivity index (χ3n) is 4.18. The van der Waals surface area contributed by atoms with Crippen LogP contribution >= 0.6 is 27.5 Å². The summed E-state index contributed by atoms with van der Waals surface area (Å²) in [7, 11) is 1.54. The number of aliphatic imine (C=N–C) groups is 1. The van der Waals surface area contributed by atoms with Crippen LogP contribution in [0.2, 0.25) is 5.02 Å². The van der Waals surface area contributed by atoms with Gasteiger partial charge in [-0.25, -0.2) is 0 Å². The van der Waals surface area contributed by atoms with Gasteiger partial charge in [-0.1, -0.05) is 35.9 Å². The molecule has 0 saturated carbocycles. The first-order chi connectivity index (χ1) is 14.5. The van der Waals surface area contributed by atoms with Crippen molar-refractivity contribution in [2.24, 2.45) is 4.99 Å². The number of para-hydroxylation sites is 1. The van der Waals surface area contributed by atoms with Gasteiger partial charge in [-0.3, -0.25) is 9.79 Å². The van der Waals surface area contributed by atoms with Gasteiger partial charge in [-0.05, 0) is 70.4 Å². The molecule has 1 amide bonds. The fourth-order valence-corrected chi connectivity index (χ4v) is 3.37. The molecule has 0 aliphatic heterocycles. The molecule has 0 radical (unpaired) electrons. The van der Waals surface area contributed by atoms with E-state index in [0.29, 0.717) is 26.7 Å². The molecule has 30 heavy (non-hydrogen) atoms. The number of carbonyl (C=O) groups is 1. The zero-order chi connectivity index (χ0) is 21.5. The van der Waals surface area contributed by atoms with E-state index < -0.39 is 0 Å². The molecular weight excluding hydrogens is 468 g/mol. The van der Waals surface area contributed by atoms with Gasteiger partial charge in [0, 0.05) is 16.9 Å². The predicted molar refractivity (Wildman–Crippen MR) is 125 cm³/mol. The highest BCUT2D eigenvalue weighted by atomic mass is 79.9. The summed E-state index contributed by atoms with van der Waals surface area (Å²) in [5.41, 5.74) is 3.26. The van der Waals surface area contributed by atoms with E-state index in [1.165, 1.54) is 0 Å². The second-order valence-corrected chi connectivity index (χ2v) is 7.69. The summed E-state index contributed by atoms with van der Waals surface area (Å²) < 4.78 is 11.8. The van der Waals surface area contributed by atoms with Gasteiger partial charge in [0.25, 0.3) is 5.91 Å². The topological polar surface area (TPSA) is 59.9 Å². The molecule has 0 bridgehead atoms. The van der Waals surface area contributed by atoms with Crippen molar-refractivity contribution < 1.29 is 14.3 Å². The third-order valence-corrected chi connectivity index (χ3v) is 5.17. The maximum atomic E-state index is 12.2. The van der Waals surface area contributed by atoms with Crippen LogP contribution in [0.25, 0.3) is 0 Å². The number of carbonyl (C=O) groups excluding carboxylic acids is 1. The van der Waals surface area contributed by atoms with Crippen LogP contribution in [-0.4, -0.2) is 25.8 Å². The zero-order valence-electron chi connectivity index (χ0n) is 16.5. The molecule has 7 heteroatoms. The minimum Gasteiger partial charge on any atom is -0.493 e. The van der Waals surface area contributed by atoms with E-state index in [1.807, 2.05) is 61.5 Å². The molecule has 0 atom stereocenters. The maximum absolute atomic E-state index is 12.2. The first-order valence-corrected chi connectivity index (χ1v) is 10.3. The number of amides is 1. The SMILES string of the molecule is COc1cc(C=Nc2ccc(C)c(Cl)c2)cc(Br)c1OCC(=O)Nc1ccccc1. The van der Waals surface area contributed by atoms with Crippen LogP contribution in [0.15, 0.2) is 70.1 Å².